The van der Waals surface area contributed by atoms with Gasteiger partial charge in [-0.05, 0) is 25.0 Å². The molecule has 0 spiro atoms. The van der Waals surface area contributed by atoms with Crippen molar-refractivity contribution >= 4 is 61.0 Å². The highest BCUT2D eigenvalue weighted by Gasteiger charge is 2.54. The SMILES string of the molecule is O=C(c1ccc([N+](=O)[O-])cc1)N(Cc1ccccc1[N+](=O)[O-])N1C(=O)[C@@H]2C[C@@H](Br)[C@@H](Br)C[C@H]2C1=O. The van der Waals surface area contributed by atoms with Crippen LogP contribution in [0, 0.1) is 32.1 Å². The van der Waals surface area contributed by atoms with Crippen molar-refractivity contribution in [2.75, 3.05) is 0 Å². The molecule has 0 N–H and O–H groups in total. The van der Waals surface area contributed by atoms with E-state index in [9.17, 15) is 34.6 Å². The molecule has 0 radical (unpaired) electrons. The topological polar surface area (TPSA) is 144 Å². The third kappa shape index (κ3) is 4.69. The van der Waals surface area contributed by atoms with Crippen LogP contribution < -0.4 is 0 Å². The Kier molecular flexibility index (Phi) is 6.99. The van der Waals surface area contributed by atoms with Crippen LogP contribution in [0.25, 0.3) is 0 Å². The molecule has 3 amide bonds. The van der Waals surface area contributed by atoms with Crippen molar-refractivity contribution in [3.05, 3.63) is 79.9 Å². The second-order valence-electron chi connectivity index (χ2n) is 8.26. The van der Waals surface area contributed by atoms with Crippen LogP contribution in [0.15, 0.2) is 48.5 Å². The van der Waals surface area contributed by atoms with Gasteiger partial charge in [-0.15, -0.1) is 0 Å². The van der Waals surface area contributed by atoms with Gasteiger partial charge in [-0.2, -0.15) is 5.01 Å². The molecule has 1 heterocycles. The smallest absolute Gasteiger partial charge is 0.272 e. The average molecular weight is 610 g/mol. The largest absolute Gasteiger partial charge is 0.274 e. The lowest BCUT2D eigenvalue weighted by molar-refractivity contribution is -0.385. The Morgan fingerprint density at radius 1 is 0.914 bits per heavy atom. The molecule has 2 aromatic rings. The van der Waals surface area contributed by atoms with E-state index in [-0.39, 0.29) is 32.2 Å². The number of alkyl halides is 2. The van der Waals surface area contributed by atoms with E-state index in [1.54, 1.807) is 6.07 Å². The molecule has 1 saturated heterocycles. The Morgan fingerprint density at radius 3 is 1.97 bits per heavy atom. The Hall–Kier alpha value is -3.19. The van der Waals surface area contributed by atoms with Crippen LogP contribution >= 0.6 is 31.9 Å². The molecule has 1 saturated carbocycles. The number of hydrogen-bond acceptors (Lipinski definition) is 7. The number of nitrogens with zero attached hydrogens (tertiary/aromatic N) is 4. The molecular weight excluding hydrogens is 592 g/mol. The third-order valence-corrected chi connectivity index (χ3v) is 8.93. The molecule has 2 aliphatic rings. The lowest BCUT2D eigenvalue weighted by Gasteiger charge is -2.30. The van der Waals surface area contributed by atoms with Crippen LogP contribution in [0.2, 0.25) is 0 Å². The van der Waals surface area contributed by atoms with Crippen molar-refractivity contribution in [2.24, 2.45) is 11.8 Å². The number of halogens is 2. The van der Waals surface area contributed by atoms with Crippen LogP contribution in [0.1, 0.15) is 28.8 Å². The van der Waals surface area contributed by atoms with Gasteiger partial charge in [-0.3, -0.25) is 34.6 Å². The summed E-state index contributed by atoms with van der Waals surface area (Å²) in [5.41, 5.74) is -0.397. The number of carbonyl (C=O) groups is 3. The molecule has 0 aromatic heterocycles. The molecule has 4 atom stereocenters. The van der Waals surface area contributed by atoms with Gasteiger partial charge in [0.05, 0.1) is 33.8 Å². The first kappa shape index (κ1) is 24.9. The molecule has 13 heteroatoms. The maximum atomic E-state index is 13.5. The van der Waals surface area contributed by atoms with E-state index < -0.39 is 45.9 Å². The summed E-state index contributed by atoms with van der Waals surface area (Å²) in [4.78, 5) is 61.5. The van der Waals surface area contributed by atoms with Crippen molar-refractivity contribution in [1.29, 1.82) is 0 Å². The molecule has 1 aliphatic carbocycles. The van der Waals surface area contributed by atoms with Crippen LogP contribution in [0.5, 0.6) is 0 Å². The predicted molar refractivity (Wildman–Crippen MR) is 130 cm³/mol. The highest BCUT2D eigenvalue weighted by molar-refractivity contribution is 9.12. The molecule has 1 aliphatic heterocycles. The standard InChI is InChI=1S/C22H18Br2N4O7/c23-17-9-15-16(10-18(17)24)22(31)26(21(15)30)25(11-13-3-1-2-4-19(13)28(34)35)20(29)12-5-7-14(8-6-12)27(32)33/h1-8,15-18H,9-11H2/t15-,16-,17-,18+/m1/s1. The Balaban J connectivity index is 1.75. The van der Waals surface area contributed by atoms with Crippen molar-refractivity contribution in [2.45, 2.75) is 29.0 Å². The Labute approximate surface area is 215 Å². The Bertz CT molecular complexity index is 1190. The van der Waals surface area contributed by atoms with Gasteiger partial charge in [0.25, 0.3) is 29.1 Å². The number of amides is 3. The average Bonchev–Trinajstić information content (AvgIpc) is 3.06. The number of imide groups is 1. The van der Waals surface area contributed by atoms with Crippen LogP contribution in [-0.2, 0) is 16.1 Å². The summed E-state index contributed by atoms with van der Waals surface area (Å²) in [6.45, 7) is -0.417. The lowest BCUT2D eigenvalue weighted by atomic mass is 9.81. The molecule has 182 valence electrons. The molecule has 0 bridgehead atoms. The fraction of sp³-hybridized carbons (Fsp3) is 0.318. The van der Waals surface area contributed by atoms with Gasteiger partial charge in [-0.1, -0.05) is 50.1 Å². The Morgan fingerprint density at radius 2 is 1.46 bits per heavy atom. The van der Waals surface area contributed by atoms with Crippen molar-refractivity contribution in [1.82, 2.24) is 10.0 Å². The van der Waals surface area contributed by atoms with Gasteiger partial charge in [-0.25, -0.2) is 5.01 Å². The van der Waals surface area contributed by atoms with Gasteiger partial charge in [0.1, 0.15) is 0 Å². The zero-order valence-electron chi connectivity index (χ0n) is 18.0. The zero-order chi connectivity index (χ0) is 25.4. The van der Waals surface area contributed by atoms with E-state index in [1.165, 1.54) is 30.3 Å². The summed E-state index contributed by atoms with van der Waals surface area (Å²) < 4.78 is 0. The van der Waals surface area contributed by atoms with E-state index in [1.807, 2.05) is 0 Å². The fourth-order valence-corrected chi connectivity index (χ4v) is 5.64. The second-order valence-corrected chi connectivity index (χ2v) is 10.6. The quantitative estimate of drug-likeness (QED) is 0.208. The summed E-state index contributed by atoms with van der Waals surface area (Å²) in [5.74, 6) is -3.18. The minimum atomic E-state index is -0.788. The van der Waals surface area contributed by atoms with Crippen molar-refractivity contribution < 1.29 is 24.2 Å². The number of fused-ring (bicyclic) bond motifs is 1. The number of nitro groups is 2. The highest BCUT2D eigenvalue weighted by atomic mass is 79.9. The summed E-state index contributed by atoms with van der Waals surface area (Å²) in [6.07, 6.45) is 0.763. The minimum Gasteiger partial charge on any atom is -0.272 e. The molecule has 2 fully saturated rings. The van der Waals surface area contributed by atoms with Crippen LogP contribution in [-0.4, -0.2) is 47.2 Å². The number of rotatable bonds is 6. The number of nitro benzene ring substituents is 2. The van der Waals surface area contributed by atoms with Crippen molar-refractivity contribution in [3.63, 3.8) is 0 Å². The number of hydrazine groups is 1. The van der Waals surface area contributed by atoms with Crippen molar-refractivity contribution in [3.8, 4) is 0 Å². The summed E-state index contributed by atoms with van der Waals surface area (Å²) in [7, 11) is 0. The first-order valence-corrected chi connectivity index (χ1v) is 12.4. The van der Waals surface area contributed by atoms with Gasteiger partial charge in [0.2, 0.25) is 0 Å². The van der Waals surface area contributed by atoms with E-state index in [0.717, 1.165) is 22.2 Å². The maximum Gasteiger partial charge on any atom is 0.274 e. The molecule has 2 aromatic carbocycles. The lowest BCUT2D eigenvalue weighted by Crippen LogP contribution is -2.49. The number of benzene rings is 2. The highest BCUT2D eigenvalue weighted by Crippen LogP contribution is 2.44. The zero-order valence-corrected chi connectivity index (χ0v) is 21.1. The normalized spacial score (nSPS) is 23.7. The van der Waals surface area contributed by atoms with Gasteiger partial charge < -0.3 is 0 Å². The van der Waals surface area contributed by atoms with E-state index >= 15 is 0 Å². The number of para-hydroxylation sites is 1. The van der Waals surface area contributed by atoms with E-state index in [0.29, 0.717) is 12.8 Å². The number of non-ortho nitro benzene ring substituents is 1. The van der Waals surface area contributed by atoms with E-state index in [4.69, 9.17) is 0 Å². The van der Waals surface area contributed by atoms with E-state index in [2.05, 4.69) is 31.9 Å². The van der Waals surface area contributed by atoms with Gasteiger partial charge in [0.15, 0.2) is 0 Å². The summed E-state index contributed by atoms with van der Waals surface area (Å²) in [5, 5.41) is 24.2. The van der Waals surface area contributed by atoms with Gasteiger partial charge >= 0.3 is 0 Å². The van der Waals surface area contributed by atoms with Crippen LogP contribution in [0.3, 0.4) is 0 Å². The molecule has 0 unspecified atom stereocenters. The number of carbonyl (C=O) groups excluding carboxylic acids is 3. The monoisotopic (exact) mass is 608 g/mol. The molecule has 4 rings (SSSR count). The molecule has 11 nitrogen and oxygen atoms in total. The number of hydrogen-bond donors (Lipinski definition) is 0. The third-order valence-electron chi connectivity index (χ3n) is 6.20. The molecule has 35 heavy (non-hydrogen) atoms. The maximum absolute atomic E-state index is 13.5. The predicted octanol–water partition coefficient (Wildman–Crippen LogP) is 3.98. The van der Waals surface area contributed by atoms with Gasteiger partial charge in [0, 0.05) is 33.4 Å². The minimum absolute atomic E-state index is 0.0126. The first-order chi connectivity index (χ1) is 16.6. The first-order valence-electron chi connectivity index (χ1n) is 10.5. The summed E-state index contributed by atoms with van der Waals surface area (Å²) in [6, 6.07) is 10.4. The second kappa shape index (κ2) is 9.82. The summed E-state index contributed by atoms with van der Waals surface area (Å²) >= 11 is 7.04. The fourth-order valence-electron chi connectivity index (χ4n) is 4.41. The molecular formula is C22H18Br2N4O7. The van der Waals surface area contributed by atoms with Crippen LogP contribution in [0.4, 0.5) is 11.4 Å².